The number of carbonyl (C=O) groups is 2. The molecule has 5 heteroatoms. The van der Waals surface area contributed by atoms with E-state index in [1.807, 2.05) is 30.3 Å². The van der Waals surface area contributed by atoms with Gasteiger partial charge in [-0.3, -0.25) is 15.0 Å². The van der Waals surface area contributed by atoms with E-state index in [0.717, 1.165) is 5.56 Å². The summed E-state index contributed by atoms with van der Waals surface area (Å²) in [4.78, 5) is 22.3. The quantitative estimate of drug-likeness (QED) is 0.574. The molecule has 0 fully saturated rings. The van der Waals surface area contributed by atoms with E-state index in [1.165, 1.54) is 14.0 Å². The second-order valence-corrected chi connectivity index (χ2v) is 3.59. The van der Waals surface area contributed by atoms with Gasteiger partial charge in [0, 0.05) is 13.3 Å². The van der Waals surface area contributed by atoms with Gasteiger partial charge in [-0.25, -0.2) is 5.43 Å². The Morgan fingerprint density at radius 2 is 1.94 bits per heavy atom. The molecule has 1 amide bonds. The predicted molar refractivity (Wildman–Crippen MR) is 62.9 cm³/mol. The second-order valence-electron chi connectivity index (χ2n) is 3.59. The van der Waals surface area contributed by atoms with Gasteiger partial charge in [-0.1, -0.05) is 30.3 Å². The third-order valence-electron chi connectivity index (χ3n) is 2.19. The molecule has 0 heterocycles. The fraction of sp³-hybridized carbons (Fsp3) is 0.333. The van der Waals surface area contributed by atoms with E-state index in [1.54, 1.807) is 0 Å². The summed E-state index contributed by atoms with van der Waals surface area (Å²) in [6.07, 6.45) is 0.452. The molecule has 0 aliphatic carbocycles. The van der Waals surface area contributed by atoms with E-state index in [9.17, 15) is 9.59 Å². The molecule has 5 nitrogen and oxygen atoms in total. The van der Waals surface area contributed by atoms with Gasteiger partial charge in [0.2, 0.25) is 5.91 Å². The molecule has 1 aromatic carbocycles. The van der Waals surface area contributed by atoms with Crippen LogP contribution in [-0.4, -0.2) is 25.0 Å². The van der Waals surface area contributed by atoms with E-state index < -0.39 is 12.0 Å². The normalized spacial score (nSPS) is 11.6. The van der Waals surface area contributed by atoms with E-state index in [-0.39, 0.29) is 5.91 Å². The zero-order chi connectivity index (χ0) is 12.7. The lowest BCUT2D eigenvalue weighted by molar-refractivity contribution is -0.143. The number of hydrazine groups is 1. The highest BCUT2D eigenvalue weighted by Gasteiger charge is 2.19. The zero-order valence-corrected chi connectivity index (χ0v) is 9.90. The summed E-state index contributed by atoms with van der Waals surface area (Å²) in [6.45, 7) is 1.36. The summed E-state index contributed by atoms with van der Waals surface area (Å²) < 4.78 is 4.66. The largest absolute Gasteiger partial charge is 0.468 e. The maximum absolute atomic E-state index is 11.5. The number of amides is 1. The van der Waals surface area contributed by atoms with Gasteiger partial charge < -0.3 is 4.74 Å². The van der Waals surface area contributed by atoms with E-state index in [2.05, 4.69) is 15.6 Å². The lowest BCUT2D eigenvalue weighted by Gasteiger charge is -2.16. The monoisotopic (exact) mass is 236 g/mol. The molecule has 0 saturated carbocycles. The molecule has 0 unspecified atom stereocenters. The number of carbonyl (C=O) groups excluding carboxylic acids is 2. The summed E-state index contributed by atoms with van der Waals surface area (Å²) in [5.74, 6) is -0.672. The van der Waals surface area contributed by atoms with Crippen LogP contribution < -0.4 is 10.9 Å². The van der Waals surface area contributed by atoms with Gasteiger partial charge in [0.05, 0.1) is 7.11 Å². The third-order valence-corrected chi connectivity index (χ3v) is 2.19. The van der Waals surface area contributed by atoms with Gasteiger partial charge in [0.15, 0.2) is 0 Å². The molecule has 0 aromatic heterocycles. The van der Waals surface area contributed by atoms with Crippen molar-refractivity contribution in [2.45, 2.75) is 19.4 Å². The molecule has 0 spiro atoms. The summed E-state index contributed by atoms with van der Waals surface area (Å²) in [6, 6.07) is 8.91. The fourth-order valence-corrected chi connectivity index (χ4v) is 1.37. The van der Waals surface area contributed by atoms with E-state index in [4.69, 9.17) is 0 Å². The second kappa shape index (κ2) is 6.65. The molecule has 1 aromatic rings. The number of esters is 1. The minimum absolute atomic E-state index is 0.257. The summed E-state index contributed by atoms with van der Waals surface area (Å²) in [5, 5.41) is 0. The van der Waals surface area contributed by atoms with Gasteiger partial charge in [-0.2, -0.15) is 0 Å². The maximum atomic E-state index is 11.5. The molecule has 92 valence electrons. The highest BCUT2D eigenvalue weighted by Crippen LogP contribution is 2.03. The van der Waals surface area contributed by atoms with Crippen LogP contribution in [0.4, 0.5) is 0 Å². The Morgan fingerprint density at radius 3 is 2.47 bits per heavy atom. The first-order valence-electron chi connectivity index (χ1n) is 5.27. The van der Waals surface area contributed by atoms with Crippen molar-refractivity contribution in [2.24, 2.45) is 0 Å². The standard InChI is InChI=1S/C12H16N2O3/c1-9(15)13-14-11(12(16)17-2)8-10-6-4-3-5-7-10/h3-7,11,14H,8H2,1-2H3,(H,13,15)/t11-/m0/s1. The Bertz CT molecular complexity index is 379. The topological polar surface area (TPSA) is 67.4 Å². The number of hydrogen-bond acceptors (Lipinski definition) is 4. The van der Waals surface area contributed by atoms with Crippen molar-refractivity contribution in [3.05, 3.63) is 35.9 Å². The molecule has 0 radical (unpaired) electrons. The van der Waals surface area contributed by atoms with Crippen LogP contribution in [0.2, 0.25) is 0 Å². The minimum Gasteiger partial charge on any atom is -0.468 e. The molecule has 17 heavy (non-hydrogen) atoms. The van der Waals surface area contributed by atoms with Crippen molar-refractivity contribution < 1.29 is 14.3 Å². The predicted octanol–water partition coefficient (Wildman–Crippen LogP) is 0.411. The van der Waals surface area contributed by atoms with Crippen molar-refractivity contribution in [3.63, 3.8) is 0 Å². The van der Waals surface area contributed by atoms with Crippen molar-refractivity contribution in [1.29, 1.82) is 0 Å². The third kappa shape index (κ3) is 4.65. The average Bonchev–Trinajstić information content (AvgIpc) is 2.34. The molecule has 2 N–H and O–H groups in total. The molecular weight excluding hydrogens is 220 g/mol. The molecule has 1 rings (SSSR count). The van der Waals surface area contributed by atoms with Crippen LogP contribution >= 0.6 is 0 Å². The zero-order valence-electron chi connectivity index (χ0n) is 9.90. The fourth-order valence-electron chi connectivity index (χ4n) is 1.37. The summed E-state index contributed by atoms with van der Waals surface area (Å²) in [5.41, 5.74) is 6.02. The van der Waals surface area contributed by atoms with Gasteiger partial charge >= 0.3 is 5.97 Å². The number of methoxy groups -OCH3 is 1. The highest BCUT2D eigenvalue weighted by molar-refractivity contribution is 5.77. The first-order chi connectivity index (χ1) is 8.13. The molecule has 0 bridgehead atoms. The van der Waals surface area contributed by atoms with Crippen LogP contribution in [0.1, 0.15) is 12.5 Å². The summed E-state index contributed by atoms with van der Waals surface area (Å²) in [7, 11) is 1.32. The Balaban J connectivity index is 2.63. The van der Waals surface area contributed by atoms with Crippen molar-refractivity contribution in [1.82, 2.24) is 10.9 Å². The molecule has 0 aliphatic rings. The van der Waals surface area contributed by atoms with Crippen LogP contribution in [0.25, 0.3) is 0 Å². The Labute approximate surface area is 100 Å². The maximum Gasteiger partial charge on any atom is 0.325 e. The number of nitrogens with one attached hydrogen (secondary N) is 2. The van der Waals surface area contributed by atoms with Gasteiger partial charge in [-0.05, 0) is 5.56 Å². The van der Waals surface area contributed by atoms with Gasteiger partial charge in [-0.15, -0.1) is 0 Å². The SMILES string of the molecule is COC(=O)[C@H](Cc1ccccc1)NNC(C)=O. The Kier molecular flexibility index (Phi) is 5.16. The first kappa shape index (κ1) is 13.2. The molecular formula is C12H16N2O3. The van der Waals surface area contributed by atoms with E-state index >= 15 is 0 Å². The smallest absolute Gasteiger partial charge is 0.325 e. The van der Waals surface area contributed by atoms with Gasteiger partial charge in [0.1, 0.15) is 6.04 Å². The van der Waals surface area contributed by atoms with Crippen LogP contribution in [0.5, 0.6) is 0 Å². The number of benzene rings is 1. The molecule has 0 saturated heterocycles. The van der Waals surface area contributed by atoms with E-state index in [0.29, 0.717) is 6.42 Å². The number of rotatable bonds is 5. The lowest BCUT2D eigenvalue weighted by Crippen LogP contribution is -2.49. The summed E-state index contributed by atoms with van der Waals surface area (Å²) >= 11 is 0. The highest BCUT2D eigenvalue weighted by atomic mass is 16.5. The Hall–Kier alpha value is -1.88. The van der Waals surface area contributed by atoms with Crippen LogP contribution in [0.15, 0.2) is 30.3 Å². The van der Waals surface area contributed by atoms with Crippen molar-refractivity contribution in [2.75, 3.05) is 7.11 Å². The van der Waals surface area contributed by atoms with Gasteiger partial charge in [0.25, 0.3) is 0 Å². The van der Waals surface area contributed by atoms with Crippen molar-refractivity contribution in [3.8, 4) is 0 Å². The Morgan fingerprint density at radius 1 is 1.29 bits per heavy atom. The van der Waals surface area contributed by atoms with Crippen LogP contribution in [0, 0.1) is 0 Å². The first-order valence-corrected chi connectivity index (χ1v) is 5.27. The molecule has 0 aliphatic heterocycles. The average molecular weight is 236 g/mol. The molecule has 1 atom stereocenters. The number of hydrogen-bond donors (Lipinski definition) is 2. The van der Waals surface area contributed by atoms with Crippen LogP contribution in [0.3, 0.4) is 0 Å². The van der Waals surface area contributed by atoms with Crippen molar-refractivity contribution >= 4 is 11.9 Å². The minimum atomic E-state index is -0.591. The van der Waals surface area contributed by atoms with Crippen LogP contribution in [-0.2, 0) is 20.7 Å². The lowest BCUT2D eigenvalue weighted by atomic mass is 10.1. The number of ether oxygens (including phenoxy) is 1.